The summed E-state index contributed by atoms with van der Waals surface area (Å²) in [5.41, 5.74) is 3.61. The fraction of sp³-hybridized carbons (Fsp3) is 0.368. The van der Waals surface area contributed by atoms with Gasteiger partial charge in [-0.3, -0.25) is 5.10 Å². The second kappa shape index (κ2) is 7.01. The Balaban J connectivity index is 1.61. The van der Waals surface area contributed by atoms with Crippen LogP contribution in [0.15, 0.2) is 42.7 Å². The third-order valence-electron chi connectivity index (χ3n) is 4.49. The largest absolute Gasteiger partial charge is 0.363 e. The molecule has 0 aliphatic heterocycles. The molecule has 2 N–H and O–H groups in total. The lowest BCUT2D eigenvalue weighted by molar-refractivity contribution is 0.537. The first-order valence-electron chi connectivity index (χ1n) is 8.34. The van der Waals surface area contributed by atoms with Gasteiger partial charge in [-0.05, 0) is 42.2 Å². The molecule has 0 aliphatic carbocycles. The standard InChI is InChI=1S/C19H25N5/c1-13(16-6-8-19(21-11-16)24(3)4)10-20-14(2)15-5-7-18-17(9-15)12-22-23-18/h5-9,11-14,20H,10H2,1-4H3,(H,22,23). The van der Waals surface area contributed by atoms with Gasteiger partial charge >= 0.3 is 0 Å². The second-order valence-corrected chi connectivity index (χ2v) is 6.59. The van der Waals surface area contributed by atoms with Crippen LogP contribution in [0.3, 0.4) is 0 Å². The molecule has 0 saturated carbocycles. The van der Waals surface area contributed by atoms with Crippen molar-refractivity contribution in [2.75, 3.05) is 25.5 Å². The van der Waals surface area contributed by atoms with E-state index in [1.165, 1.54) is 11.1 Å². The highest BCUT2D eigenvalue weighted by Crippen LogP contribution is 2.21. The first-order chi connectivity index (χ1) is 11.5. The zero-order valence-electron chi connectivity index (χ0n) is 14.7. The van der Waals surface area contributed by atoms with E-state index in [1.54, 1.807) is 0 Å². The summed E-state index contributed by atoms with van der Waals surface area (Å²) >= 11 is 0. The molecule has 5 heteroatoms. The Labute approximate surface area is 143 Å². The second-order valence-electron chi connectivity index (χ2n) is 6.59. The highest BCUT2D eigenvalue weighted by Gasteiger charge is 2.11. The molecule has 126 valence electrons. The third kappa shape index (κ3) is 3.57. The maximum atomic E-state index is 4.50. The number of aromatic nitrogens is 3. The van der Waals surface area contributed by atoms with Gasteiger partial charge in [0.15, 0.2) is 0 Å². The Morgan fingerprint density at radius 3 is 2.58 bits per heavy atom. The van der Waals surface area contributed by atoms with Crippen molar-refractivity contribution >= 4 is 16.7 Å². The summed E-state index contributed by atoms with van der Waals surface area (Å²) in [6.07, 6.45) is 3.84. The van der Waals surface area contributed by atoms with Gasteiger partial charge in [0, 0.05) is 38.3 Å². The molecule has 5 nitrogen and oxygen atoms in total. The Bertz CT molecular complexity index is 791. The van der Waals surface area contributed by atoms with Crippen molar-refractivity contribution in [3.63, 3.8) is 0 Å². The molecule has 0 fully saturated rings. The van der Waals surface area contributed by atoms with Crippen molar-refractivity contribution < 1.29 is 0 Å². The molecule has 3 rings (SSSR count). The summed E-state index contributed by atoms with van der Waals surface area (Å²) in [7, 11) is 4.01. The molecule has 2 atom stereocenters. The van der Waals surface area contributed by atoms with Crippen molar-refractivity contribution in [1.82, 2.24) is 20.5 Å². The van der Waals surface area contributed by atoms with E-state index < -0.39 is 0 Å². The van der Waals surface area contributed by atoms with E-state index >= 15 is 0 Å². The van der Waals surface area contributed by atoms with Crippen molar-refractivity contribution in [3.8, 4) is 0 Å². The first kappa shape index (κ1) is 16.5. The average molecular weight is 323 g/mol. The number of nitrogens with zero attached hydrogens (tertiary/aromatic N) is 3. The summed E-state index contributed by atoms with van der Waals surface area (Å²) in [6.45, 7) is 5.33. The first-order valence-corrected chi connectivity index (χ1v) is 8.34. The lowest BCUT2D eigenvalue weighted by Crippen LogP contribution is -2.23. The fourth-order valence-corrected chi connectivity index (χ4v) is 2.77. The molecule has 3 aromatic rings. The molecule has 1 aromatic carbocycles. The molecule has 0 saturated heterocycles. The van der Waals surface area contributed by atoms with E-state index in [9.17, 15) is 0 Å². The zero-order valence-corrected chi connectivity index (χ0v) is 14.7. The monoisotopic (exact) mass is 323 g/mol. The molecule has 0 aliphatic rings. The molecular formula is C19H25N5. The van der Waals surface area contributed by atoms with Crippen LogP contribution in [-0.4, -0.2) is 35.8 Å². The molecule has 2 aromatic heterocycles. The Hall–Kier alpha value is -2.40. The van der Waals surface area contributed by atoms with E-state index in [2.05, 4.69) is 64.7 Å². The predicted octanol–water partition coefficient (Wildman–Crippen LogP) is 3.48. The van der Waals surface area contributed by atoms with E-state index in [1.807, 2.05) is 31.4 Å². The van der Waals surface area contributed by atoms with Crippen LogP contribution in [0.1, 0.15) is 36.9 Å². The molecule has 0 radical (unpaired) electrons. The van der Waals surface area contributed by atoms with E-state index in [0.29, 0.717) is 12.0 Å². The van der Waals surface area contributed by atoms with E-state index in [4.69, 9.17) is 0 Å². The molecular weight excluding hydrogens is 298 g/mol. The van der Waals surface area contributed by atoms with Crippen molar-refractivity contribution in [2.45, 2.75) is 25.8 Å². The minimum Gasteiger partial charge on any atom is -0.363 e. The van der Waals surface area contributed by atoms with Crippen LogP contribution >= 0.6 is 0 Å². The average Bonchev–Trinajstić information content (AvgIpc) is 3.07. The summed E-state index contributed by atoms with van der Waals surface area (Å²) in [5.74, 6) is 1.40. The van der Waals surface area contributed by atoms with Gasteiger partial charge < -0.3 is 10.2 Å². The van der Waals surface area contributed by atoms with Crippen LogP contribution in [-0.2, 0) is 0 Å². The smallest absolute Gasteiger partial charge is 0.127 e. The Kier molecular flexibility index (Phi) is 4.81. The number of anilines is 1. The number of aromatic amines is 1. The fourth-order valence-electron chi connectivity index (χ4n) is 2.77. The van der Waals surface area contributed by atoms with Crippen LogP contribution in [0.2, 0.25) is 0 Å². The quantitative estimate of drug-likeness (QED) is 0.729. The van der Waals surface area contributed by atoms with Crippen LogP contribution in [0.25, 0.3) is 10.9 Å². The number of fused-ring (bicyclic) bond motifs is 1. The molecule has 2 heterocycles. The number of pyridine rings is 1. The molecule has 0 amide bonds. The molecule has 2 unspecified atom stereocenters. The predicted molar refractivity (Wildman–Crippen MR) is 99.5 cm³/mol. The lowest BCUT2D eigenvalue weighted by Gasteiger charge is -2.19. The number of hydrogen-bond acceptors (Lipinski definition) is 4. The summed E-state index contributed by atoms with van der Waals surface area (Å²) < 4.78 is 0. The Morgan fingerprint density at radius 2 is 1.88 bits per heavy atom. The zero-order chi connectivity index (χ0) is 17.1. The van der Waals surface area contributed by atoms with Gasteiger partial charge in [-0.25, -0.2) is 4.98 Å². The van der Waals surface area contributed by atoms with Gasteiger partial charge in [-0.15, -0.1) is 0 Å². The molecule has 24 heavy (non-hydrogen) atoms. The summed E-state index contributed by atoms with van der Waals surface area (Å²) in [5, 5.41) is 11.8. The molecule has 0 bridgehead atoms. The maximum absolute atomic E-state index is 4.50. The van der Waals surface area contributed by atoms with Crippen LogP contribution < -0.4 is 10.2 Å². The third-order valence-corrected chi connectivity index (χ3v) is 4.49. The van der Waals surface area contributed by atoms with Crippen LogP contribution in [0.4, 0.5) is 5.82 Å². The summed E-state index contributed by atoms with van der Waals surface area (Å²) in [6, 6.07) is 11.0. The highest BCUT2D eigenvalue weighted by atomic mass is 15.1. The van der Waals surface area contributed by atoms with Crippen LogP contribution in [0.5, 0.6) is 0 Å². The minimum atomic E-state index is 0.292. The van der Waals surface area contributed by atoms with Gasteiger partial charge in [0.1, 0.15) is 5.82 Å². The number of rotatable bonds is 6. The topological polar surface area (TPSA) is 56.8 Å². The lowest BCUT2D eigenvalue weighted by atomic mass is 10.0. The van der Waals surface area contributed by atoms with Gasteiger partial charge in [0.25, 0.3) is 0 Å². The van der Waals surface area contributed by atoms with Crippen molar-refractivity contribution in [3.05, 3.63) is 53.9 Å². The van der Waals surface area contributed by atoms with Gasteiger partial charge in [-0.2, -0.15) is 5.10 Å². The van der Waals surface area contributed by atoms with Gasteiger partial charge in [-0.1, -0.05) is 19.1 Å². The number of benzene rings is 1. The minimum absolute atomic E-state index is 0.292. The van der Waals surface area contributed by atoms with E-state index in [0.717, 1.165) is 23.3 Å². The molecule has 0 spiro atoms. The maximum Gasteiger partial charge on any atom is 0.127 e. The van der Waals surface area contributed by atoms with Gasteiger partial charge in [0.2, 0.25) is 0 Å². The SMILES string of the molecule is CC(CNC(C)c1ccc2[nH]ncc2c1)c1ccc(N(C)C)nc1. The summed E-state index contributed by atoms with van der Waals surface area (Å²) in [4.78, 5) is 6.52. The van der Waals surface area contributed by atoms with Gasteiger partial charge in [0.05, 0.1) is 11.7 Å². The number of H-pyrrole nitrogens is 1. The Morgan fingerprint density at radius 1 is 1.08 bits per heavy atom. The van der Waals surface area contributed by atoms with Crippen molar-refractivity contribution in [2.24, 2.45) is 0 Å². The van der Waals surface area contributed by atoms with Crippen LogP contribution in [0, 0.1) is 0 Å². The number of nitrogens with one attached hydrogen (secondary N) is 2. The highest BCUT2D eigenvalue weighted by molar-refractivity contribution is 5.78. The number of hydrogen-bond donors (Lipinski definition) is 2. The normalized spacial score (nSPS) is 13.8. The van der Waals surface area contributed by atoms with E-state index in [-0.39, 0.29) is 0 Å². The van der Waals surface area contributed by atoms with Crippen molar-refractivity contribution in [1.29, 1.82) is 0 Å².